The predicted octanol–water partition coefficient (Wildman–Crippen LogP) is 2.12. The summed E-state index contributed by atoms with van der Waals surface area (Å²) in [6.07, 6.45) is 0. The minimum atomic E-state index is -3.78. The van der Waals surface area contributed by atoms with Crippen LogP contribution in [0.15, 0.2) is 34.5 Å². The van der Waals surface area contributed by atoms with Gasteiger partial charge in [-0.1, -0.05) is 17.7 Å². The first-order chi connectivity index (χ1) is 11.3. The Morgan fingerprint density at radius 2 is 1.92 bits per heavy atom. The van der Waals surface area contributed by atoms with E-state index in [0.717, 1.165) is 22.3 Å². The molecule has 1 aliphatic rings. The van der Waals surface area contributed by atoms with E-state index in [1.165, 1.54) is 24.3 Å². The molecule has 2 aromatic rings. The average molecular weight is 389 g/mol. The molecule has 24 heavy (non-hydrogen) atoms. The Morgan fingerprint density at radius 1 is 1.17 bits per heavy atom. The Balaban J connectivity index is 1.69. The summed E-state index contributed by atoms with van der Waals surface area (Å²) in [4.78, 5) is 25.1. The number of hydrogen-bond acceptors (Lipinski definition) is 5. The number of carbonyl (C=O) groups is 2. The molecule has 0 saturated carbocycles. The Morgan fingerprint density at radius 3 is 2.54 bits per heavy atom. The minimum absolute atomic E-state index is 0.0205. The predicted molar refractivity (Wildman–Crippen MR) is 86.3 cm³/mol. The van der Waals surface area contributed by atoms with Gasteiger partial charge >= 0.3 is 0 Å². The Bertz CT molecular complexity index is 942. The maximum Gasteiger partial charge on any atom is 0.264 e. The molecule has 0 fully saturated rings. The van der Waals surface area contributed by atoms with Gasteiger partial charge in [0.05, 0.1) is 15.5 Å². The second-order valence-electron chi connectivity index (χ2n) is 4.88. The highest BCUT2D eigenvalue weighted by Gasteiger charge is 2.37. The van der Waals surface area contributed by atoms with E-state index >= 15 is 0 Å². The van der Waals surface area contributed by atoms with E-state index in [0.29, 0.717) is 4.34 Å². The van der Waals surface area contributed by atoms with Gasteiger partial charge in [0.25, 0.3) is 11.8 Å². The highest BCUT2D eigenvalue weighted by Crippen LogP contribution is 2.26. The Labute approximate surface area is 145 Å². The summed E-state index contributed by atoms with van der Waals surface area (Å²) in [5.74, 6) is -2.19. The zero-order chi connectivity index (χ0) is 17.5. The summed E-state index contributed by atoms with van der Waals surface area (Å²) >= 11 is 6.59. The third-order valence-corrected chi connectivity index (χ3v) is 6.57. The molecule has 1 aromatic carbocycles. The normalized spacial score (nSPS) is 14.3. The number of imide groups is 1. The van der Waals surface area contributed by atoms with Crippen molar-refractivity contribution in [2.24, 2.45) is 0 Å². The van der Waals surface area contributed by atoms with E-state index in [4.69, 9.17) is 11.6 Å². The molecule has 1 aliphatic heterocycles. The van der Waals surface area contributed by atoms with Gasteiger partial charge in [0.1, 0.15) is 10.0 Å². The first-order valence-electron chi connectivity index (χ1n) is 6.71. The lowest BCUT2D eigenvalue weighted by Gasteiger charge is -2.14. The lowest BCUT2D eigenvalue weighted by Crippen LogP contribution is -2.38. The molecule has 1 N–H and O–H groups in total. The number of rotatable bonds is 5. The van der Waals surface area contributed by atoms with Crippen LogP contribution in [0, 0.1) is 5.82 Å². The highest BCUT2D eigenvalue weighted by molar-refractivity contribution is 7.91. The van der Waals surface area contributed by atoms with Crippen LogP contribution >= 0.6 is 22.9 Å². The smallest absolute Gasteiger partial charge is 0.264 e. The van der Waals surface area contributed by atoms with Crippen LogP contribution in [0.25, 0.3) is 0 Å². The molecule has 0 saturated heterocycles. The summed E-state index contributed by atoms with van der Waals surface area (Å²) in [6.45, 7) is -0.394. The maximum atomic E-state index is 13.7. The molecule has 0 radical (unpaired) electrons. The Hall–Kier alpha value is -1.81. The van der Waals surface area contributed by atoms with Gasteiger partial charge in [-0.3, -0.25) is 14.5 Å². The number of amides is 2. The molecule has 1 aromatic heterocycles. The summed E-state index contributed by atoms with van der Waals surface area (Å²) in [5.41, 5.74) is -0.303. The first kappa shape index (κ1) is 17.0. The molecular weight excluding hydrogens is 379 g/mol. The third-order valence-electron chi connectivity index (χ3n) is 3.39. The largest absolute Gasteiger partial charge is 0.273 e. The number of hydrogen-bond donors (Lipinski definition) is 1. The van der Waals surface area contributed by atoms with Crippen molar-refractivity contribution in [2.45, 2.75) is 4.21 Å². The van der Waals surface area contributed by atoms with Crippen LogP contribution in [0.5, 0.6) is 0 Å². The number of nitrogens with zero attached hydrogens (tertiary/aromatic N) is 1. The van der Waals surface area contributed by atoms with Crippen molar-refractivity contribution in [2.75, 3.05) is 13.1 Å². The number of benzene rings is 1. The lowest BCUT2D eigenvalue weighted by atomic mass is 10.1. The molecule has 10 heteroatoms. The third kappa shape index (κ3) is 2.95. The van der Waals surface area contributed by atoms with Crippen LogP contribution < -0.4 is 4.72 Å². The van der Waals surface area contributed by atoms with Gasteiger partial charge in [0.2, 0.25) is 10.0 Å². The first-order valence-corrected chi connectivity index (χ1v) is 9.39. The van der Waals surface area contributed by atoms with Crippen LogP contribution in [-0.2, 0) is 10.0 Å². The molecule has 2 heterocycles. The van der Waals surface area contributed by atoms with Gasteiger partial charge in [0.15, 0.2) is 0 Å². The zero-order valence-corrected chi connectivity index (χ0v) is 14.3. The molecule has 0 unspecified atom stereocenters. The number of nitrogens with one attached hydrogen (secondary N) is 1. The topological polar surface area (TPSA) is 83.6 Å². The van der Waals surface area contributed by atoms with Gasteiger partial charge in [-0.25, -0.2) is 17.5 Å². The van der Waals surface area contributed by atoms with Gasteiger partial charge in [0, 0.05) is 13.1 Å². The van der Waals surface area contributed by atoms with Crippen molar-refractivity contribution in [3.05, 3.63) is 51.6 Å². The standard InChI is InChI=1S/C14H10ClFN2O4S2/c15-10-4-5-11(23-10)24(21,22)17-6-7-18-13(19)8-2-1-3-9(16)12(8)14(18)20/h1-5,17H,6-7H2. The lowest BCUT2D eigenvalue weighted by molar-refractivity contribution is 0.0656. The fraction of sp³-hybridized carbons (Fsp3) is 0.143. The van der Waals surface area contributed by atoms with Crippen molar-refractivity contribution in [1.29, 1.82) is 0 Å². The van der Waals surface area contributed by atoms with E-state index < -0.39 is 27.7 Å². The van der Waals surface area contributed by atoms with E-state index in [-0.39, 0.29) is 28.4 Å². The molecule has 126 valence electrons. The number of fused-ring (bicyclic) bond motifs is 1. The second kappa shape index (κ2) is 6.25. The SMILES string of the molecule is O=C1c2cccc(F)c2C(=O)N1CCNS(=O)(=O)c1ccc(Cl)s1. The van der Waals surface area contributed by atoms with Crippen LogP contribution in [0.2, 0.25) is 4.34 Å². The van der Waals surface area contributed by atoms with Gasteiger partial charge in [-0.15, -0.1) is 11.3 Å². The average Bonchev–Trinajstić information content (AvgIpc) is 3.06. The maximum absolute atomic E-state index is 13.7. The van der Waals surface area contributed by atoms with Crippen molar-refractivity contribution >= 4 is 44.8 Å². The van der Waals surface area contributed by atoms with Crippen LogP contribution in [0.3, 0.4) is 0 Å². The van der Waals surface area contributed by atoms with Crippen LogP contribution in [0.1, 0.15) is 20.7 Å². The Kier molecular flexibility index (Phi) is 4.43. The summed E-state index contributed by atoms with van der Waals surface area (Å²) in [7, 11) is -3.78. The highest BCUT2D eigenvalue weighted by atomic mass is 35.5. The quantitative estimate of drug-likeness (QED) is 0.795. The number of halogens is 2. The van der Waals surface area contributed by atoms with Crippen molar-refractivity contribution in [3.8, 4) is 0 Å². The van der Waals surface area contributed by atoms with Crippen molar-refractivity contribution < 1.29 is 22.4 Å². The fourth-order valence-electron chi connectivity index (χ4n) is 2.30. The number of sulfonamides is 1. The zero-order valence-electron chi connectivity index (χ0n) is 12.0. The monoisotopic (exact) mass is 388 g/mol. The van der Waals surface area contributed by atoms with Gasteiger partial charge < -0.3 is 0 Å². The summed E-state index contributed by atoms with van der Waals surface area (Å²) < 4.78 is 40.4. The number of thiophene rings is 1. The van der Waals surface area contributed by atoms with Crippen molar-refractivity contribution in [1.82, 2.24) is 9.62 Å². The van der Waals surface area contributed by atoms with Crippen LogP contribution in [0.4, 0.5) is 4.39 Å². The van der Waals surface area contributed by atoms with E-state index in [1.54, 1.807) is 0 Å². The van der Waals surface area contributed by atoms with E-state index in [1.807, 2.05) is 0 Å². The molecular formula is C14H10ClFN2O4S2. The fourth-order valence-corrected chi connectivity index (χ4v) is 4.85. The molecule has 0 atom stereocenters. The number of carbonyl (C=O) groups excluding carboxylic acids is 2. The molecule has 0 bridgehead atoms. The summed E-state index contributed by atoms with van der Waals surface area (Å²) in [5, 5.41) is 0. The van der Waals surface area contributed by atoms with Crippen LogP contribution in [-0.4, -0.2) is 38.2 Å². The molecule has 3 rings (SSSR count). The van der Waals surface area contributed by atoms with E-state index in [9.17, 15) is 22.4 Å². The molecule has 2 amide bonds. The van der Waals surface area contributed by atoms with E-state index in [2.05, 4.69) is 4.72 Å². The second-order valence-corrected chi connectivity index (χ2v) is 8.59. The molecule has 6 nitrogen and oxygen atoms in total. The minimum Gasteiger partial charge on any atom is -0.273 e. The summed E-state index contributed by atoms with van der Waals surface area (Å²) in [6, 6.07) is 6.60. The van der Waals surface area contributed by atoms with Crippen molar-refractivity contribution in [3.63, 3.8) is 0 Å². The molecule has 0 aliphatic carbocycles. The van der Waals surface area contributed by atoms with Gasteiger partial charge in [-0.2, -0.15) is 0 Å². The molecule has 0 spiro atoms. The van der Waals surface area contributed by atoms with Gasteiger partial charge in [-0.05, 0) is 24.3 Å².